The summed E-state index contributed by atoms with van der Waals surface area (Å²) >= 11 is 0. The molecule has 106 valence electrons. The maximum absolute atomic E-state index is 9.80. The maximum Gasteiger partial charge on any atom is 0.123 e. The molecule has 1 aliphatic rings. The third kappa shape index (κ3) is 3.26. The molecule has 1 N–H and O–H groups in total. The van der Waals surface area contributed by atoms with E-state index in [4.69, 9.17) is 4.74 Å². The van der Waals surface area contributed by atoms with Gasteiger partial charge in [0.2, 0.25) is 0 Å². The Bertz CT molecular complexity index is 415. The van der Waals surface area contributed by atoms with Gasteiger partial charge in [0.25, 0.3) is 0 Å². The first-order valence-electron chi connectivity index (χ1n) is 6.83. The number of likely N-dealkylation sites (N-methyl/N-ethyl adjacent to an activating group) is 1. The van der Waals surface area contributed by atoms with E-state index in [-0.39, 0.29) is 12.6 Å². The lowest BCUT2D eigenvalue weighted by Gasteiger charge is -2.37. The van der Waals surface area contributed by atoms with Crippen LogP contribution in [0.4, 0.5) is 0 Å². The molecule has 1 unspecified atom stereocenters. The van der Waals surface area contributed by atoms with Crippen LogP contribution in [0.25, 0.3) is 0 Å². The Hall–Kier alpha value is -1.10. The summed E-state index contributed by atoms with van der Waals surface area (Å²) in [7, 11) is 3.82. The first-order chi connectivity index (χ1) is 9.15. The molecule has 4 heteroatoms. The molecule has 19 heavy (non-hydrogen) atoms. The molecule has 1 heterocycles. The van der Waals surface area contributed by atoms with E-state index in [2.05, 4.69) is 29.8 Å². The van der Waals surface area contributed by atoms with E-state index in [0.717, 1.165) is 37.5 Å². The Balaban J connectivity index is 2.23. The Morgan fingerprint density at radius 3 is 2.53 bits per heavy atom. The number of nitrogens with zero attached hydrogens (tertiary/aromatic N) is 2. The minimum atomic E-state index is 0.0311. The van der Waals surface area contributed by atoms with E-state index < -0.39 is 0 Å². The molecule has 0 bridgehead atoms. The number of ether oxygens (including phenoxy) is 1. The van der Waals surface area contributed by atoms with Crippen LogP contribution < -0.4 is 4.74 Å². The smallest absolute Gasteiger partial charge is 0.123 e. The van der Waals surface area contributed by atoms with Gasteiger partial charge in [-0.2, -0.15) is 0 Å². The van der Waals surface area contributed by atoms with Crippen molar-refractivity contribution in [3.05, 3.63) is 29.3 Å². The van der Waals surface area contributed by atoms with Crippen molar-refractivity contribution >= 4 is 0 Å². The van der Waals surface area contributed by atoms with Gasteiger partial charge >= 0.3 is 0 Å². The summed E-state index contributed by atoms with van der Waals surface area (Å²) in [5.74, 6) is 0.864. The quantitative estimate of drug-likeness (QED) is 0.889. The SMILES string of the molecule is COc1ccc(C)cc1C(CO)N1CCN(C)CC1. The van der Waals surface area contributed by atoms with Crippen LogP contribution in [0.2, 0.25) is 0 Å². The topological polar surface area (TPSA) is 35.9 Å². The van der Waals surface area contributed by atoms with Crippen LogP contribution in [0.3, 0.4) is 0 Å². The van der Waals surface area contributed by atoms with Gasteiger partial charge in [0.1, 0.15) is 5.75 Å². The Kier molecular flexibility index (Phi) is 4.80. The molecule has 0 aliphatic carbocycles. The van der Waals surface area contributed by atoms with E-state index in [9.17, 15) is 5.11 Å². The number of piperazine rings is 1. The molecule has 1 saturated heterocycles. The normalized spacial score (nSPS) is 19.4. The highest BCUT2D eigenvalue weighted by atomic mass is 16.5. The third-order valence-electron chi connectivity index (χ3n) is 3.90. The van der Waals surface area contributed by atoms with Gasteiger partial charge in [0.15, 0.2) is 0 Å². The fourth-order valence-electron chi connectivity index (χ4n) is 2.66. The summed E-state index contributed by atoms with van der Waals surface area (Å²) in [5, 5.41) is 9.80. The lowest BCUT2D eigenvalue weighted by Crippen LogP contribution is -2.46. The number of aliphatic hydroxyl groups excluding tert-OH is 1. The van der Waals surface area contributed by atoms with Gasteiger partial charge in [-0.25, -0.2) is 0 Å². The zero-order valence-corrected chi connectivity index (χ0v) is 12.1. The van der Waals surface area contributed by atoms with Crippen molar-refractivity contribution in [1.82, 2.24) is 9.80 Å². The zero-order valence-electron chi connectivity index (χ0n) is 12.1. The van der Waals surface area contributed by atoms with Crippen LogP contribution in [0.15, 0.2) is 18.2 Å². The fourth-order valence-corrected chi connectivity index (χ4v) is 2.66. The number of rotatable bonds is 4. The van der Waals surface area contributed by atoms with Gasteiger partial charge in [-0.15, -0.1) is 0 Å². The minimum absolute atomic E-state index is 0.0311. The second-order valence-corrected chi connectivity index (χ2v) is 5.28. The van der Waals surface area contributed by atoms with Crippen LogP contribution in [0.1, 0.15) is 17.2 Å². The molecule has 4 nitrogen and oxygen atoms in total. The number of aliphatic hydroxyl groups is 1. The van der Waals surface area contributed by atoms with Gasteiger partial charge in [-0.05, 0) is 20.0 Å². The highest BCUT2D eigenvalue weighted by Crippen LogP contribution is 2.30. The molecule has 1 fully saturated rings. The van der Waals surface area contributed by atoms with Gasteiger partial charge in [0, 0.05) is 31.7 Å². The van der Waals surface area contributed by atoms with Gasteiger partial charge < -0.3 is 14.7 Å². The predicted octanol–water partition coefficient (Wildman–Crippen LogP) is 1.28. The molecule has 0 spiro atoms. The molecular weight excluding hydrogens is 240 g/mol. The summed E-state index contributed by atoms with van der Waals surface area (Å²) in [5.41, 5.74) is 2.29. The first-order valence-corrected chi connectivity index (χ1v) is 6.83. The summed E-state index contributed by atoms with van der Waals surface area (Å²) in [6.45, 7) is 6.26. The van der Waals surface area contributed by atoms with E-state index in [1.807, 2.05) is 12.1 Å². The highest BCUT2D eigenvalue weighted by molar-refractivity contribution is 5.39. The van der Waals surface area contributed by atoms with Crippen LogP contribution in [-0.4, -0.2) is 61.8 Å². The molecule has 1 aliphatic heterocycles. The number of hydrogen-bond donors (Lipinski definition) is 1. The van der Waals surface area contributed by atoms with Gasteiger partial charge in [-0.3, -0.25) is 4.90 Å². The lowest BCUT2D eigenvalue weighted by atomic mass is 10.0. The molecule has 0 amide bonds. The third-order valence-corrected chi connectivity index (χ3v) is 3.90. The van der Waals surface area contributed by atoms with E-state index in [1.54, 1.807) is 7.11 Å². The second kappa shape index (κ2) is 6.37. The zero-order chi connectivity index (χ0) is 13.8. The first kappa shape index (κ1) is 14.3. The fraction of sp³-hybridized carbons (Fsp3) is 0.600. The van der Waals surface area contributed by atoms with Gasteiger partial charge in [0.05, 0.1) is 19.8 Å². The molecular formula is C15H24N2O2. The molecule has 2 rings (SSSR count). The Morgan fingerprint density at radius 1 is 1.26 bits per heavy atom. The molecule has 0 radical (unpaired) electrons. The van der Waals surface area contributed by atoms with E-state index >= 15 is 0 Å². The average molecular weight is 264 g/mol. The van der Waals surface area contributed by atoms with Crippen molar-refractivity contribution in [3.8, 4) is 5.75 Å². The maximum atomic E-state index is 9.80. The molecule has 1 atom stereocenters. The second-order valence-electron chi connectivity index (χ2n) is 5.28. The Morgan fingerprint density at radius 2 is 1.95 bits per heavy atom. The predicted molar refractivity (Wildman–Crippen MR) is 76.6 cm³/mol. The van der Waals surface area contributed by atoms with Crippen LogP contribution in [0, 0.1) is 6.92 Å². The van der Waals surface area contributed by atoms with Gasteiger partial charge in [-0.1, -0.05) is 17.7 Å². The Labute approximate surface area is 115 Å². The van der Waals surface area contributed by atoms with Crippen molar-refractivity contribution in [2.45, 2.75) is 13.0 Å². The summed E-state index contributed by atoms with van der Waals surface area (Å²) < 4.78 is 5.45. The summed E-state index contributed by atoms with van der Waals surface area (Å²) in [6.07, 6.45) is 0. The van der Waals surface area contributed by atoms with Crippen LogP contribution in [-0.2, 0) is 0 Å². The van der Waals surface area contributed by atoms with Crippen molar-refractivity contribution < 1.29 is 9.84 Å². The number of hydrogen-bond acceptors (Lipinski definition) is 4. The summed E-state index contributed by atoms with van der Waals surface area (Å²) in [6, 6.07) is 6.19. The monoisotopic (exact) mass is 264 g/mol. The van der Waals surface area contributed by atoms with Crippen molar-refractivity contribution in [2.24, 2.45) is 0 Å². The number of benzene rings is 1. The standard InChI is InChI=1S/C15H24N2O2/c1-12-4-5-15(19-3)13(10-12)14(11-18)17-8-6-16(2)7-9-17/h4-5,10,14,18H,6-9,11H2,1-3H3. The number of methoxy groups -OCH3 is 1. The number of aryl methyl sites for hydroxylation is 1. The van der Waals surface area contributed by atoms with E-state index in [0.29, 0.717) is 0 Å². The van der Waals surface area contributed by atoms with Crippen molar-refractivity contribution in [1.29, 1.82) is 0 Å². The van der Waals surface area contributed by atoms with Crippen molar-refractivity contribution in [3.63, 3.8) is 0 Å². The van der Waals surface area contributed by atoms with Crippen LogP contribution >= 0.6 is 0 Å². The molecule has 0 saturated carbocycles. The summed E-state index contributed by atoms with van der Waals surface area (Å²) in [4.78, 5) is 4.66. The highest BCUT2D eigenvalue weighted by Gasteiger charge is 2.25. The lowest BCUT2D eigenvalue weighted by molar-refractivity contribution is 0.0735. The average Bonchev–Trinajstić information content (AvgIpc) is 2.42. The largest absolute Gasteiger partial charge is 0.496 e. The van der Waals surface area contributed by atoms with Crippen molar-refractivity contribution in [2.75, 3.05) is 46.9 Å². The minimum Gasteiger partial charge on any atom is -0.496 e. The molecule has 0 aromatic heterocycles. The molecule has 1 aromatic rings. The molecule has 1 aromatic carbocycles. The van der Waals surface area contributed by atoms with E-state index in [1.165, 1.54) is 5.56 Å². The van der Waals surface area contributed by atoms with Crippen LogP contribution in [0.5, 0.6) is 5.75 Å².